The summed E-state index contributed by atoms with van der Waals surface area (Å²) in [4.78, 5) is 26.1. The average molecular weight is 561 g/mol. The first-order valence-electron chi connectivity index (χ1n) is 11.5. The number of hydrogen-bond acceptors (Lipinski definition) is 6. The Morgan fingerprint density at radius 1 is 1.17 bits per heavy atom. The van der Waals surface area contributed by atoms with Crippen molar-refractivity contribution in [3.05, 3.63) is 79.6 Å². The maximum absolute atomic E-state index is 13.1. The van der Waals surface area contributed by atoms with Crippen molar-refractivity contribution >= 4 is 39.3 Å². The van der Waals surface area contributed by atoms with E-state index in [1.54, 1.807) is 26.2 Å². The van der Waals surface area contributed by atoms with Crippen molar-refractivity contribution in [2.24, 2.45) is 0 Å². The number of dihydropyridines is 1. The lowest BCUT2D eigenvalue weighted by Crippen LogP contribution is -2.34. The van der Waals surface area contributed by atoms with Gasteiger partial charge < -0.3 is 19.5 Å². The Morgan fingerprint density at radius 3 is 2.66 bits per heavy atom. The van der Waals surface area contributed by atoms with Crippen molar-refractivity contribution in [1.82, 2.24) is 5.32 Å². The van der Waals surface area contributed by atoms with Crippen LogP contribution in [0.1, 0.15) is 50.2 Å². The number of benzene rings is 2. The lowest BCUT2D eigenvalue weighted by molar-refractivity contribution is -0.138. The van der Waals surface area contributed by atoms with E-state index in [4.69, 9.17) is 25.8 Å². The highest BCUT2D eigenvalue weighted by molar-refractivity contribution is 9.10. The SMILES string of the molecule is CCOC(=O)C1=C(C)NC2=C(C(=O)CCC2)[C@@H]1c1ccc(OC)c(COc2ccc(Br)cc2Cl)c1. The molecule has 6 nitrogen and oxygen atoms in total. The average Bonchev–Trinajstić information content (AvgIpc) is 2.82. The molecular weight excluding hydrogens is 534 g/mol. The highest BCUT2D eigenvalue weighted by Crippen LogP contribution is 2.43. The van der Waals surface area contributed by atoms with Crippen LogP contribution in [-0.2, 0) is 20.9 Å². The summed E-state index contributed by atoms with van der Waals surface area (Å²) >= 11 is 9.72. The number of Topliss-reactive ketones (excluding diaryl/α,β-unsaturated/α-hetero) is 1. The third-order valence-electron chi connectivity index (χ3n) is 6.19. The first-order chi connectivity index (χ1) is 16.8. The highest BCUT2D eigenvalue weighted by Gasteiger charge is 2.39. The molecule has 35 heavy (non-hydrogen) atoms. The first kappa shape index (κ1) is 25.3. The van der Waals surface area contributed by atoms with E-state index < -0.39 is 11.9 Å². The number of methoxy groups -OCH3 is 1. The molecule has 0 unspecified atom stereocenters. The molecule has 0 amide bonds. The fourth-order valence-electron chi connectivity index (χ4n) is 4.63. The molecule has 0 saturated carbocycles. The Kier molecular flexibility index (Phi) is 7.87. The highest BCUT2D eigenvalue weighted by atomic mass is 79.9. The second-order valence-corrected chi connectivity index (χ2v) is 9.74. The lowest BCUT2D eigenvalue weighted by Gasteiger charge is -2.34. The standard InChI is InChI=1S/C27H27BrClNO5/c1-4-34-27(32)24-15(2)30-20-6-5-7-21(31)26(20)25(24)16-8-10-22(33-3)17(12-16)14-35-23-11-9-18(28)13-19(23)29/h8-13,25,30H,4-7,14H2,1-3H3/t25-/m1/s1. The molecule has 1 heterocycles. The summed E-state index contributed by atoms with van der Waals surface area (Å²) < 4.78 is 17.8. The minimum Gasteiger partial charge on any atom is -0.496 e. The van der Waals surface area contributed by atoms with Gasteiger partial charge in [0.15, 0.2) is 5.78 Å². The molecule has 0 radical (unpaired) electrons. The van der Waals surface area contributed by atoms with Gasteiger partial charge in [-0.1, -0.05) is 33.6 Å². The lowest BCUT2D eigenvalue weighted by atomic mass is 9.75. The Labute approximate surface area is 218 Å². The van der Waals surface area contributed by atoms with Crippen molar-refractivity contribution < 1.29 is 23.8 Å². The third kappa shape index (κ3) is 5.26. The molecule has 1 N–H and O–H groups in total. The molecule has 1 aliphatic carbocycles. The van der Waals surface area contributed by atoms with Gasteiger partial charge in [0.1, 0.15) is 18.1 Å². The predicted octanol–water partition coefficient (Wildman–Crippen LogP) is 6.22. The van der Waals surface area contributed by atoms with Gasteiger partial charge in [0.05, 0.1) is 24.3 Å². The van der Waals surface area contributed by atoms with Crippen molar-refractivity contribution in [3.8, 4) is 11.5 Å². The van der Waals surface area contributed by atoms with Gasteiger partial charge in [-0.05, 0) is 62.6 Å². The number of halogens is 2. The van der Waals surface area contributed by atoms with E-state index in [-0.39, 0.29) is 19.0 Å². The van der Waals surface area contributed by atoms with Crippen LogP contribution in [0.2, 0.25) is 5.02 Å². The van der Waals surface area contributed by atoms with E-state index in [9.17, 15) is 9.59 Å². The maximum Gasteiger partial charge on any atom is 0.336 e. The van der Waals surface area contributed by atoms with E-state index in [2.05, 4.69) is 21.2 Å². The van der Waals surface area contributed by atoms with Gasteiger partial charge in [0.25, 0.3) is 0 Å². The van der Waals surface area contributed by atoms with Gasteiger partial charge in [0.2, 0.25) is 0 Å². The quantitative estimate of drug-likeness (QED) is 0.405. The van der Waals surface area contributed by atoms with E-state index in [1.807, 2.05) is 31.2 Å². The summed E-state index contributed by atoms with van der Waals surface area (Å²) in [6.45, 7) is 4.06. The smallest absolute Gasteiger partial charge is 0.336 e. The van der Waals surface area contributed by atoms with Crippen molar-refractivity contribution in [1.29, 1.82) is 0 Å². The number of carbonyl (C=O) groups is 2. The Morgan fingerprint density at radius 2 is 1.94 bits per heavy atom. The molecule has 0 spiro atoms. The molecule has 4 rings (SSSR count). The Bertz CT molecular complexity index is 1240. The Hall–Kier alpha value is -2.77. The summed E-state index contributed by atoms with van der Waals surface area (Å²) in [6.07, 6.45) is 2.01. The minimum absolute atomic E-state index is 0.0494. The number of rotatable bonds is 7. The van der Waals surface area contributed by atoms with Gasteiger partial charge >= 0.3 is 5.97 Å². The number of ketones is 1. The zero-order valence-electron chi connectivity index (χ0n) is 19.9. The second kappa shape index (κ2) is 10.9. The van der Waals surface area contributed by atoms with Crippen LogP contribution in [0, 0.1) is 0 Å². The minimum atomic E-state index is -0.529. The van der Waals surface area contributed by atoms with Crippen LogP contribution in [-0.4, -0.2) is 25.5 Å². The van der Waals surface area contributed by atoms with Gasteiger partial charge in [-0.25, -0.2) is 4.79 Å². The summed E-state index contributed by atoms with van der Waals surface area (Å²) in [6, 6.07) is 11.1. The predicted molar refractivity (Wildman–Crippen MR) is 138 cm³/mol. The summed E-state index contributed by atoms with van der Waals surface area (Å²) in [7, 11) is 1.59. The van der Waals surface area contributed by atoms with Crippen molar-refractivity contribution in [2.45, 2.75) is 45.6 Å². The number of allylic oxidation sites excluding steroid dienone is 3. The van der Waals surface area contributed by atoms with Gasteiger partial charge in [-0.15, -0.1) is 0 Å². The van der Waals surface area contributed by atoms with Gasteiger partial charge in [0, 0.05) is 39.3 Å². The molecule has 2 aliphatic rings. The van der Waals surface area contributed by atoms with Crippen LogP contribution in [0.15, 0.2) is 63.4 Å². The van der Waals surface area contributed by atoms with Gasteiger partial charge in [-0.3, -0.25) is 4.79 Å². The van der Waals surface area contributed by atoms with Crippen molar-refractivity contribution in [2.75, 3.05) is 13.7 Å². The molecule has 184 valence electrons. The number of hydrogen-bond donors (Lipinski definition) is 1. The molecule has 8 heteroatoms. The number of carbonyl (C=O) groups excluding carboxylic acids is 2. The Balaban J connectivity index is 1.76. The molecule has 0 fully saturated rings. The number of nitrogens with one attached hydrogen (secondary N) is 1. The largest absolute Gasteiger partial charge is 0.496 e. The van der Waals surface area contributed by atoms with E-state index in [0.717, 1.165) is 34.1 Å². The number of esters is 1. The first-order valence-corrected chi connectivity index (χ1v) is 12.7. The van der Waals surface area contributed by atoms with Gasteiger partial charge in [-0.2, -0.15) is 0 Å². The summed E-state index contributed by atoms with van der Waals surface area (Å²) in [5.74, 6) is 0.271. The molecular formula is C27H27BrClNO5. The third-order valence-corrected chi connectivity index (χ3v) is 6.97. The second-order valence-electron chi connectivity index (χ2n) is 8.42. The molecule has 1 atom stereocenters. The normalized spacial score (nSPS) is 17.6. The molecule has 0 aromatic heterocycles. The summed E-state index contributed by atoms with van der Waals surface area (Å²) in [5, 5.41) is 3.79. The molecule has 2 aromatic rings. The van der Waals surface area contributed by atoms with Crippen LogP contribution < -0.4 is 14.8 Å². The van der Waals surface area contributed by atoms with Crippen LogP contribution in [0.5, 0.6) is 11.5 Å². The van der Waals surface area contributed by atoms with E-state index >= 15 is 0 Å². The molecule has 0 saturated heterocycles. The summed E-state index contributed by atoms with van der Waals surface area (Å²) in [5.41, 5.74) is 4.25. The van der Waals surface area contributed by atoms with E-state index in [0.29, 0.717) is 39.8 Å². The van der Waals surface area contributed by atoms with Crippen molar-refractivity contribution in [3.63, 3.8) is 0 Å². The molecule has 1 aliphatic heterocycles. The topological polar surface area (TPSA) is 73.9 Å². The fourth-order valence-corrected chi connectivity index (χ4v) is 5.36. The maximum atomic E-state index is 13.1. The van der Waals surface area contributed by atoms with Crippen LogP contribution in [0.4, 0.5) is 0 Å². The zero-order valence-corrected chi connectivity index (χ0v) is 22.2. The van der Waals surface area contributed by atoms with E-state index in [1.165, 1.54) is 0 Å². The zero-order chi connectivity index (χ0) is 25.1. The molecule has 0 bridgehead atoms. The van der Waals surface area contributed by atoms with Crippen LogP contribution >= 0.6 is 27.5 Å². The monoisotopic (exact) mass is 559 g/mol. The van der Waals surface area contributed by atoms with Crippen LogP contribution in [0.25, 0.3) is 0 Å². The number of ether oxygens (including phenoxy) is 3. The van der Waals surface area contributed by atoms with Crippen LogP contribution in [0.3, 0.4) is 0 Å². The molecule has 2 aromatic carbocycles. The fraction of sp³-hybridized carbons (Fsp3) is 0.333.